The summed E-state index contributed by atoms with van der Waals surface area (Å²) in [7, 11) is 0. The topological polar surface area (TPSA) is 313 Å². The van der Waals surface area contributed by atoms with Crippen LogP contribution < -0.4 is 34.4 Å². The maximum atomic E-state index is 11.1. The lowest BCUT2D eigenvalue weighted by molar-refractivity contribution is -0.299. The minimum absolute atomic E-state index is 0.136. The molecule has 1 aliphatic carbocycles. The zero-order valence-corrected chi connectivity index (χ0v) is 22.2. The van der Waals surface area contributed by atoms with Gasteiger partial charge in [-0.25, -0.2) is 0 Å². The predicted octanol–water partition coefficient (Wildman–Crippen LogP) is -6.63. The van der Waals surface area contributed by atoms with Crippen molar-refractivity contribution in [2.45, 2.75) is 117 Å². The molecular formula is C23H46N6O11. The Labute approximate surface area is 231 Å². The van der Waals surface area contributed by atoms with Crippen molar-refractivity contribution in [3.05, 3.63) is 0 Å². The molecular weight excluding hydrogens is 536 g/mol. The Morgan fingerprint density at radius 3 is 1.95 bits per heavy atom. The Hall–Kier alpha value is -0.680. The zero-order valence-electron chi connectivity index (χ0n) is 22.2. The van der Waals surface area contributed by atoms with Gasteiger partial charge in [0.15, 0.2) is 18.9 Å². The van der Waals surface area contributed by atoms with Crippen molar-refractivity contribution in [2.75, 3.05) is 19.7 Å². The van der Waals surface area contributed by atoms with Crippen molar-refractivity contribution in [1.29, 1.82) is 0 Å². The van der Waals surface area contributed by atoms with Crippen LogP contribution in [-0.2, 0) is 28.4 Å². The minimum Gasteiger partial charge on any atom is -0.394 e. The first-order valence-corrected chi connectivity index (χ1v) is 13.7. The first-order chi connectivity index (χ1) is 19.0. The van der Waals surface area contributed by atoms with Gasteiger partial charge in [-0.3, -0.25) is 0 Å². The van der Waals surface area contributed by atoms with E-state index in [1.807, 2.05) is 0 Å². The number of hydrogen-bond acceptors (Lipinski definition) is 17. The molecule has 0 spiro atoms. The summed E-state index contributed by atoms with van der Waals surface area (Å²) < 4.78 is 35.1. The molecule has 17 N–H and O–H groups in total. The quantitative estimate of drug-likeness (QED) is 0.120. The van der Waals surface area contributed by atoms with E-state index in [2.05, 4.69) is 0 Å². The minimum atomic E-state index is -1.52. The molecule has 234 valence electrons. The fourth-order valence-electron chi connectivity index (χ4n) is 5.71. The van der Waals surface area contributed by atoms with Gasteiger partial charge in [0.2, 0.25) is 0 Å². The molecule has 0 radical (unpaired) electrons. The standard InChI is InChI=1S/C23H46N6O11/c24-4-7-1-2-9(26)22(35-7)37-17-11(28)3-10(27)14(32)19(17)39-23-16(34)18(12(6-30)36-23)38-21-8(5-25)13(31)15(33)20(29)40-21/h7-23,30-34H,1-6,24-29H2/t7-,8+,9+,10+,11-,12+,13-,14-,15+,16+,17+,18+,19+,20+,21-,22+,23-/m0/s1. The number of rotatable bonds is 9. The van der Waals surface area contributed by atoms with Gasteiger partial charge in [0, 0.05) is 25.2 Å². The van der Waals surface area contributed by atoms with Crippen molar-refractivity contribution in [3.63, 3.8) is 0 Å². The van der Waals surface area contributed by atoms with E-state index in [0.29, 0.717) is 12.8 Å². The Balaban J connectivity index is 1.48. The molecule has 0 bridgehead atoms. The fourth-order valence-corrected chi connectivity index (χ4v) is 5.71. The molecule has 3 aliphatic heterocycles. The molecule has 0 unspecified atom stereocenters. The Kier molecular flexibility index (Phi) is 11.1. The highest BCUT2D eigenvalue weighted by Gasteiger charge is 2.53. The highest BCUT2D eigenvalue weighted by molar-refractivity contribution is 5.01. The summed E-state index contributed by atoms with van der Waals surface area (Å²) in [4.78, 5) is 0. The van der Waals surface area contributed by atoms with Crippen LogP contribution in [0.15, 0.2) is 0 Å². The summed E-state index contributed by atoms with van der Waals surface area (Å²) in [6.07, 6.45) is -13.6. The molecule has 40 heavy (non-hydrogen) atoms. The Morgan fingerprint density at radius 1 is 0.625 bits per heavy atom. The lowest BCUT2D eigenvalue weighted by atomic mass is 9.84. The van der Waals surface area contributed by atoms with E-state index in [0.717, 1.165) is 0 Å². The summed E-state index contributed by atoms with van der Waals surface area (Å²) in [5.74, 6) is -0.896. The third kappa shape index (κ3) is 6.61. The van der Waals surface area contributed by atoms with Crippen molar-refractivity contribution >= 4 is 0 Å². The monoisotopic (exact) mass is 582 g/mol. The predicted molar refractivity (Wildman–Crippen MR) is 135 cm³/mol. The molecule has 17 heteroatoms. The number of nitrogens with two attached hydrogens (primary N) is 6. The number of ether oxygens (including phenoxy) is 6. The third-order valence-electron chi connectivity index (χ3n) is 8.21. The van der Waals surface area contributed by atoms with Gasteiger partial charge in [-0.2, -0.15) is 0 Å². The molecule has 4 aliphatic rings. The largest absolute Gasteiger partial charge is 0.394 e. The van der Waals surface area contributed by atoms with Gasteiger partial charge in [0.25, 0.3) is 0 Å². The first kappa shape index (κ1) is 32.2. The fraction of sp³-hybridized carbons (Fsp3) is 1.00. The van der Waals surface area contributed by atoms with Crippen LogP contribution in [0.3, 0.4) is 0 Å². The average molecular weight is 583 g/mol. The van der Waals surface area contributed by atoms with Crippen molar-refractivity contribution in [2.24, 2.45) is 40.3 Å². The lowest BCUT2D eigenvalue weighted by Crippen LogP contribution is -2.65. The van der Waals surface area contributed by atoms with Gasteiger partial charge in [-0.15, -0.1) is 0 Å². The van der Waals surface area contributed by atoms with E-state index >= 15 is 0 Å². The maximum Gasteiger partial charge on any atom is 0.187 e. The normalized spacial score (nSPS) is 52.1. The number of hydrogen-bond donors (Lipinski definition) is 11. The number of aliphatic hydroxyl groups excluding tert-OH is 5. The van der Waals surface area contributed by atoms with Crippen LogP contribution in [0.2, 0.25) is 0 Å². The van der Waals surface area contributed by atoms with Crippen LogP contribution in [0.4, 0.5) is 0 Å². The molecule has 17 atom stereocenters. The SMILES string of the molecule is NC[C@@H]1CC[C@@H](N)[C@@H](O[C@H]2[C@H](O[C@@H]3O[C@H](CO)[C@@H](O[C@H]4O[C@@H](N)[C@H](O)[C@@H](O)[C@H]4CN)[C@H]3O)[C@@H](O)[C@H](N)C[C@@H]2N)O1. The van der Waals surface area contributed by atoms with Crippen LogP contribution in [0.25, 0.3) is 0 Å². The molecule has 0 aromatic heterocycles. The third-order valence-corrected chi connectivity index (χ3v) is 8.21. The molecule has 17 nitrogen and oxygen atoms in total. The second kappa shape index (κ2) is 13.7. The van der Waals surface area contributed by atoms with Crippen molar-refractivity contribution in [1.82, 2.24) is 0 Å². The molecule has 3 saturated heterocycles. The molecule has 4 rings (SSSR count). The van der Waals surface area contributed by atoms with Gasteiger partial charge in [0.05, 0.1) is 36.9 Å². The average Bonchev–Trinajstić information content (AvgIpc) is 3.22. The highest BCUT2D eigenvalue weighted by Crippen LogP contribution is 2.35. The van der Waals surface area contributed by atoms with Crippen molar-refractivity contribution < 1.29 is 54.0 Å². The molecule has 0 aromatic rings. The van der Waals surface area contributed by atoms with E-state index < -0.39 is 105 Å². The van der Waals surface area contributed by atoms with E-state index in [1.165, 1.54) is 0 Å². The Morgan fingerprint density at radius 2 is 1.30 bits per heavy atom. The second-order valence-electron chi connectivity index (χ2n) is 11.0. The van der Waals surface area contributed by atoms with Crippen LogP contribution in [0.1, 0.15) is 19.3 Å². The van der Waals surface area contributed by atoms with Crippen LogP contribution in [0.5, 0.6) is 0 Å². The molecule has 0 aromatic carbocycles. The molecule has 4 fully saturated rings. The second-order valence-corrected chi connectivity index (χ2v) is 11.0. The van der Waals surface area contributed by atoms with Crippen LogP contribution in [-0.4, -0.2) is 143 Å². The summed E-state index contributed by atoms with van der Waals surface area (Å²) in [5.41, 5.74) is 35.9. The summed E-state index contributed by atoms with van der Waals surface area (Å²) in [6.45, 7) is -0.446. The Bertz CT molecular complexity index is 808. The van der Waals surface area contributed by atoms with Crippen LogP contribution >= 0.6 is 0 Å². The molecule has 1 saturated carbocycles. The first-order valence-electron chi connectivity index (χ1n) is 13.7. The van der Waals surface area contributed by atoms with Gasteiger partial charge in [0.1, 0.15) is 42.9 Å². The summed E-state index contributed by atoms with van der Waals surface area (Å²) >= 11 is 0. The summed E-state index contributed by atoms with van der Waals surface area (Å²) in [5, 5.41) is 52.5. The van der Waals surface area contributed by atoms with Gasteiger partial charge < -0.3 is 88.4 Å². The number of aliphatic hydroxyl groups is 5. The lowest BCUT2D eigenvalue weighted by Gasteiger charge is -2.45. The van der Waals surface area contributed by atoms with Gasteiger partial charge >= 0.3 is 0 Å². The van der Waals surface area contributed by atoms with Gasteiger partial charge in [-0.05, 0) is 19.3 Å². The van der Waals surface area contributed by atoms with E-state index in [4.69, 9.17) is 62.8 Å². The van der Waals surface area contributed by atoms with E-state index in [1.54, 1.807) is 0 Å². The molecule has 0 amide bonds. The summed E-state index contributed by atoms with van der Waals surface area (Å²) in [6, 6.07) is -1.93. The van der Waals surface area contributed by atoms with Gasteiger partial charge in [-0.1, -0.05) is 0 Å². The van der Waals surface area contributed by atoms with E-state index in [-0.39, 0.29) is 25.6 Å². The highest BCUT2D eigenvalue weighted by atomic mass is 16.8. The van der Waals surface area contributed by atoms with Crippen LogP contribution in [0, 0.1) is 5.92 Å². The molecule has 3 heterocycles. The smallest absolute Gasteiger partial charge is 0.187 e. The zero-order chi connectivity index (χ0) is 29.3. The van der Waals surface area contributed by atoms with E-state index in [9.17, 15) is 25.5 Å². The maximum absolute atomic E-state index is 11.1. The van der Waals surface area contributed by atoms with Crippen molar-refractivity contribution in [3.8, 4) is 0 Å².